The average Bonchev–Trinajstić information content (AvgIpc) is 2.73. The molecule has 2 N–H and O–H groups in total. The summed E-state index contributed by atoms with van der Waals surface area (Å²) in [6.45, 7) is 2.39. The van der Waals surface area contributed by atoms with Gasteiger partial charge in [-0.3, -0.25) is 4.98 Å². The number of aromatic nitrogens is 1. The minimum absolute atomic E-state index is 0. The van der Waals surface area contributed by atoms with E-state index in [4.69, 9.17) is 14.2 Å². The second kappa shape index (κ2) is 12.2. The molecule has 1 atom stereocenters. The molecule has 2 heterocycles. The fourth-order valence-corrected chi connectivity index (χ4v) is 2.91. The van der Waals surface area contributed by atoms with Crippen LogP contribution in [0.15, 0.2) is 42.7 Å². The molecule has 160 valence electrons. The van der Waals surface area contributed by atoms with Crippen LogP contribution >= 0.6 is 24.8 Å². The third kappa shape index (κ3) is 6.56. The minimum Gasteiger partial charge on any atom is -0.493 e. The first-order valence-corrected chi connectivity index (χ1v) is 8.74. The molecule has 29 heavy (non-hydrogen) atoms. The number of piperazine rings is 1. The molecule has 8 nitrogen and oxygen atoms in total. The zero-order valence-electron chi connectivity index (χ0n) is 16.3. The van der Waals surface area contributed by atoms with Crippen LogP contribution in [-0.4, -0.2) is 62.4 Å². The van der Waals surface area contributed by atoms with Crippen molar-refractivity contribution in [3.8, 4) is 17.2 Å². The molecule has 0 saturated carbocycles. The van der Waals surface area contributed by atoms with Gasteiger partial charge in [0.15, 0.2) is 11.5 Å². The van der Waals surface area contributed by atoms with Crippen LogP contribution in [0.25, 0.3) is 0 Å². The maximum atomic E-state index is 12.8. The zero-order chi connectivity index (χ0) is 19.1. The topological polar surface area (TPSA) is 85.0 Å². The molecule has 0 bridgehead atoms. The molecule has 0 spiro atoms. The highest BCUT2D eigenvalue weighted by Gasteiger charge is 2.27. The molecule has 0 radical (unpaired) electrons. The van der Waals surface area contributed by atoms with Gasteiger partial charge >= 0.3 is 6.03 Å². The molecule has 2 amide bonds. The lowest BCUT2D eigenvalue weighted by atomic mass is 10.2. The Balaban J connectivity index is 0.00000210. The van der Waals surface area contributed by atoms with Gasteiger partial charge in [0.05, 0.1) is 26.5 Å². The van der Waals surface area contributed by atoms with Crippen LogP contribution in [0.4, 0.5) is 10.5 Å². The summed E-state index contributed by atoms with van der Waals surface area (Å²) < 4.78 is 16.3. The van der Waals surface area contributed by atoms with E-state index in [9.17, 15) is 4.79 Å². The van der Waals surface area contributed by atoms with Crippen molar-refractivity contribution >= 4 is 36.5 Å². The molecule has 1 aromatic carbocycles. The Labute approximate surface area is 182 Å². The molecule has 1 unspecified atom stereocenters. The number of nitrogens with zero attached hydrogens (tertiary/aromatic N) is 2. The normalized spacial score (nSPS) is 15.4. The number of carbonyl (C=O) groups excluding carboxylic acids is 1. The number of pyridine rings is 1. The maximum Gasteiger partial charge on any atom is 0.322 e. The Morgan fingerprint density at radius 3 is 2.72 bits per heavy atom. The van der Waals surface area contributed by atoms with Gasteiger partial charge in [-0.25, -0.2) is 4.79 Å². The second-order valence-electron chi connectivity index (χ2n) is 6.05. The summed E-state index contributed by atoms with van der Waals surface area (Å²) in [5.74, 6) is 1.86. The van der Waals surface area contributed by atoms with Crippen molar-refractivity contribution in [3.05, 3.63) is 42.7 Å². The fourth-order valence-electron chi connectivity index (χ4n) is 2.91. The number of hydrogen-bond acceptors (Lipinski definition) is 6. The number of benzene rings is 1. The minimum atomic E-state index is -0.177. The van der Waals surface area contributed by atoms with Crippen LogP contribution in [0, 0.1) is 0 Å². The van der Waals surface area contributed by atoms with Crippen LogP contribution in [0.5, 0.6) is 17.2 Å². The van der Waals surface area contributed by atoms with Gasteiger partial charge in [0, 0.05) is 37.6 Å². The number of ether oxygens (including phenoxy) is 3. The quantitative estimate of drug-likeness (QED) is 0.712. The van der Waals surface area contributed by atoms with Crippen LogP contribution in [0.3, 0.4) is 0 Å². The Morgan fingerprint density at radius 1 is 1.24 bits per heavy atom. The molecule has 1 fully saturated rings. The van der Waals surface area contributed by atoms with E-state index in [2.05, 4.69) is 15.6 Å². The molecule has 1 saturated heterocycles. The van der Waals surface area contributed by atoms with Crippen molar-refractivity contribution in [2.24, 2.45) is 0 Å². The maximum absolute atomic E-state index is 12.8. The lowest BCUT2D eigenvalue weighted by Crippen LogP contribution is -2.57. The van der Waals surface area contributed by atoms with Crippen LogP contribution in [0.1, 0.15) is 0 Å². The van der Waals surface area contributed by atoms with E-state index in [0.29, 0.717) is 42.6 Å². The summed E-state index contributed by atoms with van der Waals surface area (Å²) in [6, 6.07) is 8.67. The van der Waals surface area contributed by atoms with E-state index in [-0.39, 0.29) is 36.9 Å². The van der Waals surface area contributed by atoms with Gasteiger partial charge in [0.2, 0.25) is 0 Å². The van der Waals surface area contributed by atoms with Gasteiger partial charge in [0.1, 0.15) is 12.4 Å². The summed E-state index contributed by atoms with van der Waals surface area (Å²) in [5.41, 5.74) is 0.642. The van der Waals surface area contributed by atoms with E-state index < -0.39 is 0 Å². The summed E-state index contributed by atoms with van der Waals surface area (Å²) in [6.07, 6.45) is 3.35. The van der Waals surface area contributed by atoms with Gasteiger partial charge in [-0.15, -0.1) is 24.8 Å². The highest BCUT2D eigenvalue weighted by molar-refractivity contribution is 5.90. The predicted molar refractivity (Wildman–Crippen MR) is 116 cm³/mol. The summed E-state index contributed by atoms with van der Waals surface area (Å²) in [4.78, 5) is 18.6. The molecule has 0 aliphatic carbocycles. The highest BCUT2D eigenvalue weighted by Crippen LogP contribution is 2.29. The Bertz CT molecular complexity index is 767. The first kappa shape index (κ1) is 24.6. The summed E-state index contributed by atoms with van der Waals surface area (Å²) >= 11 is 0. The first-order valence-electron chi connectivity index (χ1n) is 8.74. The van der Waals surface area contributed by atoms with Gasteiger partial charge in [0.25, 0.3) is 0 Å². The summed E-state index contributed by atoms with van der Waals surface area (Å²) in [7, 11) is 3.13. The largest absolute Gasteiger partial charge is 0.493 e. The van der Waals surface area contributed by atoms with E-state index >= 15 is 0 Å². The number of hydrogen-bond donors (Lipinski definition) is 2. The number of carbonyl (C=O) groups is 1. The standard InChI is InChI=1S/C19H24N4O4.2ClH/c1-25-17-6-5-14(10-18(17)26-2)22-19(24)23-9-8-21-11-15(23)13-27-16-4-3-7-20-12-16;;/h3-7,10,12,15,21H,8-9,11,13H2,1-2H3,(H,22,24);2*1H. The molecular weight excluding hydrogens is 419 g/mol. The molecule has 2 aromatic rings. The predicted octanol–water partition coefficient (Wildman–Crippen LogP) is 2.83. The van der Waals surface area contributed by atoms with Crippen molar-refractivity contribution in [1.82, 2.24) is 15.2 Å². The summed E-state index contributed by atoms with van der Waals surface area (Å²) in [5, 5.41) is 6.22. The number of amides is 2. The number of methoxy groups -OCH3 is 2. The number of halogens is 2. The van der Waals surface area contributed by atoms with Crippen LogP contribution in [0.2, 0.25) is 0 Å². The van der Waals surface area contributed by atoms with E-state index in [1.165, 1.54) is 0 Å². The van der Waals surface area contributed by atoms with Crippen molar-refractivity contribution < 1.29 is 19.0 Å². The Kier molecular flexibility index (Phi) is 10.4. The van der Waals surface area contributed by atoms with Crippen molar-refractivity contribution in [2.75, 3.05) is 45.8 Å². The van der Waals surface area contributed by atoms with Gasteiger partial charge in [-0.2, -0.15) is 0 Å². The van der Waals surface area contributed by atoms with E-state index in [1.807, 2.05) is 12.1 Å². The average molecular weight is 445 g/mol. The zero-order valence-corrected chi connectivity index (χ0v) is 17.9. The fraction of sp³-hybridized carbons (Fsp3) is 0.368. The highest BCUT2D eigenvalue weighted by atomic mass is 35.5. The lowest BCUT2D eigenvalue weighted by molar-refractivity contribution is 0.133. The SMILES string of the molecule is COc1ccc(NC(=O)N2CCNCC2COc2cccnc2)cc1OC.Cl.Cl. The van der Waals surface area contributed by atoms with E-state index in [1.54, 1.807) is 49.7 Å². The number of nitrogens with one attached hydrogen (secondary N) is 2. The lowest BCUT2D eigenvalue weighted by Gasteiger charge is -2.35. The molecule has 1 aliphatic heterocycles. The van der Waals surface area contributed by atoms with Gasteiger partial charge in [-0.05, 0) is 24.3 Å². The molecule has 1 aromatic heterocycles. The van der Waals surface area contributed by atoms with Crippen molar-refractivity contribution in [3.63, 3.8) is 0 Å². The number of anilines is 1. The Hall–Kier alpha value is -2.42. The van der Waals surface area contributed by atoms with Crippen molar-refractivity contribution in [1.29, 1.82) is 0 Å². The third-order valence-corrected chi connectivity index (χ3v) is 4.32. The van der Waals surface area contributed by atoms with Gasteiger partial charge in [-0.1, -0.05) is 0 Å². The number of urea groups is 1. The molecular formula is C19H26Cl2N4O4. The third-order valence-electron chi connectivity index (χ3n) is 4.32. The second-order valence-corrected chi connectivity index (χ2v) is 6.05. The van der Waals surface area contributed by atoms with E-state index in [0.717, 1.165) is 6.54 Å². The molecule has 10 heteroatoms. The van der Waals surface area contributed by atoms with Crippen LogP contribution in [-0.2, 0) is 0 Å². The van der Waals surface area contributed by atoms with Crippen molar-refractivity contribution in [2.45, 2.75) is 6.04 Å². The van der Waals surface area contributed by atoms with Crippen LogP contribution < -0.4 is 24.8 Å². The molecule has 1 aliphatic rings. The first-order chi connectivity index (χ1) is 13.2. The monoisotopic (exact) mass is 444 g/mol. The Morgan fingerprint density at radius 2 is 2.03 bits per heavy atom. The number of rotatable bonds is 6. The smallest absolute Gasteiger partial charge is 0.322 e. The van der Waals surface area contributed by atoms with Gasteiger partial charge < -0.3 is 29.7 Å². The molecule has 3 rings (SSSR count).